The molecule has 0 bridgehead atoms. The number of furan rings is 1. The number of hydrogen-bond acceptors (Lipinski definition) is 6. The lowest BCUT2D eigenvalue weighted by molar-refractivity contribution is 0.668. The van der Waals surface area contributed by atoms with Crippen molar-refractivity contribution in [2.45, 2.75) is 6.92 Å². The van der Waals surface area contributed by atoms with Crippen LogP contribution in [0.5, 0.6) is 0 Å². The zero-order chi connectivity index (χ0) is 32.0. The molecule has 0 amide bonds. The summed E-state index contributed by atoms with van der Waals surface area (Å²) < 4.78 is 6.47. The Morgan fingerprint density at radius 3 is 1.67 bits per heavy atom. The molecular weight excluding hydrogens is 590 g/mol. The molecule has 48 heavy (non-hydrogen) atoms. The van der Waals surface area contributed by atoms with E-state index in [0.29, 0.717) is 23.3 Å². The Hall–Kier alpha value is -6.53. The Morgan fingerprint density at radius 1 is 0.417 bits per heavy atom. The molecule has 9 aromatic rings. The summed E-state index contributed by atoms with van der Waals surface area (Å²) in [5.41, 5.74) is 9.05. The molecule has 0 aliphatic rings. The summed E-state index contributed by atoms with van der Waals surface area (Å²) in [6, 6.07) is 48.8. The van der Waals surface area contributed by atoms with E-state index in [2.05, 4.69) is 43.3 Å². The first-order valence-electron chi connectivity index (χ1n) is 15.8. The third kappa shape index (κ3) is 4.87. The van der Waals surface area contributed by atoms with Gasteiger partial charge in [0.1, 0.15) is 11.2 Å². The topological polar surface area (TPSA) is 77.6 Å². The molecule has 3 aromatic heterocycles. The predicted molar refractivity (Wildman–Crippen MR) is 192 cm³/mol. The molecule has 0 atom stereocenters. The second-order valence-electron chi connectivity index (χ2n) is 11.8. The van der Waals surface area contributed by atoms with Crippen LogP contribution < -0.4 is 0 Å². The molecule has 226 valence electrons. The normalized spacial score (nSPS) is 11.4. The molecule has 0 fully saturated rings. The van der Waals surface area contributed by atoms with Gasteiger partial charge in [-0.3, -0.25) is 0 Å². The molecule has 0 unspecified atom stereocenters. The molecule has 3 heterocycles. The molecule has 0 saturated heterocycles. The average Bonchev–Trinajstić information content (AvgIpc) is 3.52. The van der Waals surface area contributed by atoms with Crippen LogP contribution >= 0.6 is 0 Å². The van der Waals surface area contributed by atoms with Crippen LogP contribution in [0.2, 0.25) is 0 Å². The SMILES string of the molecule is Cc1cc(-c2nc(-c3ccccc3)c3ccccc3n2)c2c(c1)oc1ccc(-c3nc(-c4ccccc4)nc(-c4ccccc4)n3)cc12. The highest BCUT2D eigenvalue weighted by Gasteiger charge is 2.20. The lowest BCUT2D eigenvalue weighted by Gasteiger charge is -2.11. The van der Waals surface area contributed by atoms with Gasteiger partial charge in [-0.25, -0.2) is 24.9 Å². The Kier molecular flexibility index (Phi) is 6.57. The highest BCUT2D eigenvalue weighted by atomic mass is 16.3. The quantitative estimate of drug-likeness (QED) is 0.191. The Labute approximate surface area is 276 Å². The molecule has 0 saturated carbocycles. The Bertz CT molecular complexity index is 2560. The molecule has 0 N–H and O–H groups in total. The molecule has 6 heteroatoms. The van der Waals surface area contributed by atoms with Crippen LogP contribution in [-0.2, 0) is 0 Å². The summed E-state index contributed by atoms with van der Waals surface area (Å²) >= 11 is 0. The number of aryl methyl sites for hydroxylation is 1. The monoisotopic (exact) mass is 617 g/mol. The highest BCUT2D eigenvalue weighted by molar-refractivity contribution is 6.13. The number of aromatic nitrogens is 5. The summed E-state index contributed by atoms with van der Waals surface area (Å²) in [6.07, 6.45) is 0. The minimum Gasteiger partial charge on any atom is -0.456 e. The van der Waals surface area contributed by atoms with Crippen molar-refractivity contribution < 1.29 is 4.42 Å². The summed E-state index contributed by atoms with van der Waals surface area (Å²) in [6.45, 7) is 2.07. The number of fused-ring (bicyclic) bond motifs is 4. The zero-order valence-corrected chi connectivity index (χ0v) is 26.0. The first-order chi connectivity index (χ1) is 23.7. The van der Waals surface area contributed by atoms with E-state index in [1.807, 2.05) is 109 Å². The lowest BCUT2D eigenvalue weighted by atomic mass is 10.0. The zero-order valence-electron chi connectivity index (χ0n) is 26.0. The largest absolute Gasteiger partial charge is 0.456 e. The standard InChI is InChI=1S/C42H27N5O/c1-26-23-33(42-43-34-20-12-11-19-31(34)38(44-42)27-13-5-2-6-14-27)37-32-25-30(21-22-35(32)48-36(37)24-26)41-46-39(28-15-7-3-8-16-28)45-40(47-41)29-17-9-4-10-18-29/h2-25H,1H3. The van der Waals surface area contributed by atoms with Crippen LogP contribution in [0, 0.1) is 6.92 Å². The molecule has 0 aliphatic heterocycles. The Morgan fingerprint density at radius 2 is 1.00 bits per heavy atom. The molecular formula is C42H27N5O. The van der Waals surface area contributed by atoms with E-state index in [0.717, 1.165) is 71.9 Å². The van der Waals surface area contributed by atoms with Crippen molar-refractivity contribution in [1.82, 2.24) is 24.9 Å². The summed E-state index contributed by atoms with van der Waals surface area (Å²) in [5.74, 6) is 2.46. The Balaban J connectivity index is 1.27. The molecule has 6 aromatic carbocycles. The third-order valence-electron chi connectivity index (χ3n) is 8.56. The minimum absolute atomic E-state index is 0.584. The van der Waals surface area contributed by atoms with E-state index < -0.39 is 0 Å². The number of para-hydroxylation sites is 1. The number of hydrogen-bond donors (Lipinski definition) is 0. The summed E-state index contributed by atoms with van der Waals surface area (Å²) in [7, 11) is 0. The van der Waals surface area contributed by atoms with E-state index in [1.165, 1.54) is 0 Å². The van der Waals surface area contributed by atoms with Crippen LogP contribution in [0.1, 0.15) is 5.56 Å². The van der Waals surface area contributed by atoms with Crippen molar-refractivity contribution in [2.24, 2.45) is 0 Å². The number of rotatable bonds is 5. The fraction of sp³-hybridized carbons (Fsp3) is 0.0238. The summed E-state index contributed by atoms with van der Waals surface area (Å²) in [5, 5.41) is 2.90. The predicted octanol–water partition coefficient (Wildman–Crippen LogP) is 10.4. The number of nitrogens with zero attached hydrogens (tertiary/aromatic N) is 5. The molecule has 6 nitrogen and oxygen atoms in total. The highest BCUT2D eigenvalue weighted by Crippen LogP contribution is 2.39. The maximum absolute atomic E-state index is 6.47. The minimum atomic E-state index is 0.584. The second-order valence-corrected chi connectivity index (χ2v) is 11.8. The van der Waals surface area contributed by atoms with Crippen molar-refractivity contribution in [1.29, 1.82) is 0 Å². The first-order valence-corrected chi connectivity index (χ1v) is 15.8. The van der Waals surface area contributed by atoms with Crippen molar-refractivity contribution in [3.05, 3.63) is 151 Å². The van der Waals surface area contributed by atoms with E-state index in [4.69, 9.17) is 29.3 Å². The van der Waals surface area contributed by atoms with Gasteiger partial charge in [-0.05, 0) is 48.9 Å². The lowest BCUT2D eigenvalue weighted by Crippen LogP contribution is -2.00. The van der Waals surface area contributed by atoms with Crippen molar-refractivity contribution in [3.63, 3.8) is 0 Å². The van der Waals surface area contributed by atoms with Crippen molar-refractivity contribution in [3.8, 4) is 56.8 Å². The molecule has 9 rings (SSSR count). The van der Waals surface area contributed by atoms with Crippen molar-refractivity contribution in [2.75, 3.05) is 0 Å². The number of benzene rings is 6. The van der Waals surface area contributed by atoms with Gasteiger partial charge in [0.2, 0.25) is 0 Å². The fourth-order valence-electron chi connectivity index (χ4n) is 6.31. The third-order valence-corrected chi connectivity index (χ3v) is 8.56. The van der Waals surface area contributed by atoms with Crippen LogP contribution in [0.3, 0.4) is 0 Å². The van der Waals surface area contributed by atoms with Gasteiger partial charge in [-0.1, -0.05) is 109 Å². The van der Waals surface area contributed by atoms with Gasteiger partial charge in [-0.2, -0.15) is 0 Å². The van der Waals surface area contributed by atoms with Gasteiger partial charge < -0.3 is 4.42 Å². The van der Waals surface area contributed by atoms with Crippen LogP contribution in [0.4, 0.5) is 0 Å². The van der Waals surface area contributed by atoms with Gasteiger partial charge in [-0.15, -0.1) is 0 Å². The van der Waals surface area contributed by atoms with Crippen LogP contribution in [-0.4, -0.2) is 24.9 Å². The van der Waals surface area contributed by atoms with Crippen molar-refractivity contribution >= 4 is 32.8 Å². The van der Waals surface area contributed by atoms with Gasteiger partial charge in [0.25, 0.3) is 0 Å². The average molecular weight is 618 g/mol. The van der Waals surface area contributed by atoms with Crippen LogP contribution in [0.15, 0.2) is 150 Å². The summed E-state index contributed by atoms with van der Waals surface area (Å²) in [4.78, 5) is 25.1. The van der Waals surface area contributed by atoms with Gasteiger partial charge >= 0.3 is 0 Å². The van der Waals surface area contributed by atoms with E-state index in [1.54, 1.807) is 0 Å². The molecule has 0 aliphatic carbocycles. The first kappa shape index (κ1) is 27.8. The van der Waals surface area contributed by atoms with Crippen LogP contribution in [0.25, 0.3) is 89.7 Å². The molecule has 0 radical (unpaired) electrons. The van der Waals surface area contributed by atoms with Gasteiger partial charge in [0, 0.05) is 44.0 Å². The smallest absolute Gasteiger partial charge is 0.164 e. The second kappa shape index (κ2) is 11.4. The van der Waals surface area contributed by atoms with Gasteiger partial charge in [0.05, 0.1) is 11.2 Å². The van der Waals surface area contributed by atoms with E-state index in [9.17, 15) is 0 Å². The fourth-order valence-corrected chi connectivity index (χ4v) is 6.31. The van der Waals surface area contributed by atoms with Gasteiger partial charge in [0.15, 0.2) is 23.3 Å². The van der Waals surface area contributed by atoms with E-state index in [-0.39, 0.29) is 0 Å². The maximum Gasteiger partial charge on any atom is 0.164 e. The molecule has 0 spiro atoms. The maximum atomic E-state index is 6.47. The van der Waals surface area contributed by atoms with E-state index >= 15 is 0 Å².